The highest BCUT2D eigenvalue weighted by Crippen LogP contribution is 2.38. The van der Waals surface area contributed by atoms with E-state index in [1.54, 1.807) is 0 Å². The van der Waals surface area contributed by atoms with Crippen LogP contribution in [0, 0.1) is 11.3 Å². The normalized spacial score (nSPS) is 23.6. The van der Waals surface area contributed by atoms with Gasteiger partial charge in [-0.25, -0.2) is 0 Å². The van der Waals surface area contributed by atoms with Crippen molar-refractivity contribution < 1.29 is 0 Å². The molecule has 1 aromatic carbocycles. The number of hydrogen-bond acceptors (Lipinski definition) is 1. The first-order chi connectivity index (χ1) is 10.1. The van der Waals surface area contributed by atoms with Crippen molar-refractivity contribution in [2.75, 3.05) is 0 Å². The highest BCUT2D eigenvalue weighted by atomic mass is 14.9. The molecule has 0 aliphatic heterocycles. The lowest BCUT2D eigenvalue weighted by Gasteiger charge is -2.41. The second kappa shape index (κ2) is 5.84. The van der Waals surface area contributed by atoms with Gasteiger partial charge >= 0.3 is 0 Å². The van der Waals surface area contributed by atoms with Gasteiger partial charge in [-0.2, -0.15) is 0 Å². The van der Waals surface area contributed by atoms with Crippen molar-refractivity contribution in [2.24, 2.45) is 11.3 Å². The summed E-state index contributed by atoms with van der Waals surface area (Å²) in [6.45, 7) is 8.16. The predicted molar refractivity (Wildman–Crippen MR) is 90.3 cm³/mol. The number of H-pyrrole nitrogens is 1. The molecule has 0 saturated heterocycles. The number of aromatic nitrogens is 1. The van der Waals surface area contributed by atoms with E-state index in [1.807, 2.05) is 6.20 Å². The number of nitrogens with one attached hydrogen (secondary N) is 2. The second-order valence-electron chi connectivity index (χ2n) is 7.60. The molecule has 2 unspecified atom stereocenters. The Morgan fingerprint density at radius 3 is 2.76 bits per heavy atom. The van der Waals surface area contributed by atoms with Crippen LogP contribution in [0.3, 0.4) is 0 Å². The van der Waals surface area contributed by atoms with Gasteiger partial charge in [0.25, 0.3) is 0 Å². The van der Waals surface area contributed by atoms with Crippen molar-refractivity contribution in [1.82, 2.24) is 10.3 Å². The lowest BCUT2D eigenvalue weighted by Crippen LogP contribution is -2.43. The van der Waals surface area contributed by atoms with Gasteiger partial charge in [0.1, 0.15) is 0 Å². The molecule has 0 spiro atoms. The van der Waals surface area contributed by atoms with Crippen molar-refractivity contribution in [1.29, 1.82) is 0 Å². The van der Waals surface area contributed by atoms with E-state index in [-0.39, 0.29) is 0 Å². The summed E-state index contributed by atoms with van der Waals surface area (Å²) in [5.74, 6) is 0.789. The molecule has 1 heterocycles. The number of hydrogen-bond donors (Lipinski definition) is 2. The van der Waals surface area contributed by atoms with E-state index in [0.717, 1.165) is 12.5 Å². The van der Waals surface area contributed by atoms with Crippen molar-refractivity contribution in [3.63, 3.8) is 0 Å². The number of aromatic amines is 1. The summed E-state index contributed by atoms with van der Waals surface area (Å²) in [5, 5.41) is 5.22. The highest BCUT2D eigenvalue weighted by Gasteiger charge is 2.33. The average molecular weight is 284 g/mol. The molecule has 1 fully saturated rings. The summed E-state index contributed by atoms with van der Waals surface area (Å²) >= 11 is 0. The summed E-state index contributed by atoms with van der Waals surface area (Å²) in [6.07, 6.45) is 7.50. The molecule has 1 aromatic heterocycles. The van der Waals surface area contributed by atoms with Gasteiger partial charge in [-0.15, -0.1) is 0 Å². The van der Waals surface area contributed by atoms with Crippen LogP contribution < -0.4 is 5.32 Å². The molecule has 0 bridgehead atoms. The van der Waals surface area contributed by atoms with Crippen molar-refractivity contribution >= 4 is 10.9 Å². The zero-order valence-electron chi connectivity index (χ0n) is 13.6. The van der Waals surface area contributed by atoms with E-state index in [1.165, 1.54) is 42.1 Å². The van der Waals surface area contributed by atoms with E-state index in [4.69, 9.17) is 0 Å². The second-order valence-corrected chi connectivity index (χ2v) is 7.60. The van der Waals surface area contributed by atoms with Gasteiger partial charge in [-0.05, 0) is 41.9 Å². The Balaban J connectivity index is 1.72. The third-order valence-corrected chi connectivity index (χ3v) is 5.12. The Morgan fingerprint density at radius 1 is 1.14 bits per heavy atom. The molecule has 2 aromatic rings. The minimum Gasteiger partial charge on any atom is -0.361 e. The first kappa shape index (κ1) is 14.6. The topological polar surface area (TPSA) is 27.8 Å². The minimum absolute atomic E-state index is 0.401. The van der Waals surface area contributed by atoms with Gasteiger partial charge in [-0.3, -0.25) is 0 Å². The largest absolute Gasteiger partial charge is 0.361 e. The Labute approximate surface area is 128 Å². The first-order valence-electron chi connectivity index (χ1n) is 8.34. The van der Waals surface area contributed by atoms with Crippen molar-refractivity contribution in [2.45, 2.75) is 59.0 Å². The zero-order valence-corrected chi connectivity index (χ0v) is 13.6. The van der Waals surface area contributed by atoms with Crippen LogP contribution in [0.25, 0.3) is 10.9 Å². The van der Waals surface area contributed by atoms with E-state index >= 15 is 0 Å². The van der Waals surface area contributed by atoms with Gasteiger partial charge in [-0.1, -0.05) is 45.7 Å². The van der Waals surface area contributed by atoms with E-state index in [9.17, 15) is 0 Å². The van der Waals surface area contributed by atoms with Crippen LogP contribution in [0.4, 0.5) is 0 Å². The summed E-state index contributed by atoms with van der Waals surface area (Å²) in [4.78, 5) is 3.30. The number of fused-ring (bicyclic) bond motifs is 1. The van der Waals surface area contributed by atoms with Gasteiger partial charge in [0, 0.05) is 29.7 Å². The Bertz CT molecular complexity index is 591. The summed E-state index contributed by atoms with van der Waals surface area (Å²) in [5.41, 5.74) is 3.05. The standard InChI is InChI=1S/C19H28N2/c1-19(2,3)16-8-4-5-9-18(16)21-13-14-7-6-10-17-15(14)11-12-20-17/h6-7,10-12,16,18,20-21H,4-5,8-9,13H2,1-3H3. The summed E-state index contributed by atoms with van der Waals surface area (Å²) in [6, 6.07) is 9.40. The van der Waals surface area contributed by atoms with Gasteiger partial charge < -0.3 is 10.3 Å². The maximum absolute atomic E-state index is 3.86. The predicted octanol–water partition coefficient (Wildman–Crippen LogP) is 4.86. The molecule has 2 N–H and O–H groups in total. The van der Waals surface area contributed by atoms with Gasteiger partial charge in [0.2, 0.25) is 0 Å². The summed E-state index contributed by atoms with van der Waals surface area (Å²) in [7, 11) is 0. The maximum Gasteiger partial charge on any atom is 0.0457 e. The van der Waals surface area contributed by atoms with Gasteiger partial charge in [0.05, 0.1) is 0 Å². The van der Waals surface area contributed by atoms with Crippen molar-refractivity contribution in [3.05, 3.63) is 36.0 Å². The van der Waals surface area contributed by atoms with E-state index < -0.39 is 0 Å². The molecule has 2 heteroatoms. The number of benzene rings is 1. The Morgan fingerprint density at radius 2 is 1.95 bits per heavy atom. The van der Waals surface area contributed by atoms with Crippen LogP contribution in [-0.4, -0.2) is 11.0 Å². The molecule has 1 saturated carbocycles. The van der Waals surface area contributed by atoms with Gasteiger partial charge in [0.15, 0.2) is 0 Å². The number of rotatable bonds is 3. The zero-order chi connectivity index (χ0) is 14.9. The Hall–Kier alpha value is -1.28. The van der Waals surface area contributed by atoms with Crippen LogP contribution in [0.15, 0.2) is 30.5 Å². The average Bonchev–Trinajstić information content (AvgIpc) is 2.93. The molecule has 21 heavy (non-hydrogen) atoms. The smallest absolute Gasteiger partial charge is 0.0457 e. The molecule has 0 radical (unpaired) electrons. The lowest BCUT2D eigenvalue weighted by atomic mass is 9.69. The molecular formula is C19H28N2. The minimum atomic E-state index is 0.401. The Kier molecular flexibility index (Phi) is 4.08. The van der Waals surface area contributed by atoms with Crippen LogP contribution >= 0.6 is 0 Å². The third-order valence-electron chi connectivity index (χ3n) is 5.12. The molecule has 114 valence electrons. The van der Waals surface area contributed by atoms with Crippen LogP contribution in [0.2, 0.25) is 0 Å². The fraction of sp³-hybridized carbons (Fsp3) is 0.579. The quantitative estimate of drug-likeness (QED) is 0.827. The highest BCUT2D eigenvalue weighted by molar-refractivity contribution is 5.82. The molecule has 1 aliphatic rings. The molecular weight excluding hydrogens is 256 g/mol. The van der Waals surface area contributed by atoms with Crippen LogP contribution in [-0.2, 0) is 6.54 Å². The molecule has 0 amide bonds. The van der Waals surface area contributed by atoms with E-state index in [2.05, 4.69) is 55.3 Å². The lowest BCUT2D eigenvalue weighted by molar-refractivity contribution is 0.130. The summed E-state index contributed by atoms with van der Waals surface area (Å²) < 4.78 is 0. The monoisotopic (exact) mass is 284 g/mol. The SMILES string of the molecule is CC(C)(C)C1CCCCC1NCc1cccc2[nH]ccc12. The first-order valence-corrected chi connectivity index (χ1v) is 8.34. The van der Waals surface area contributed by atoms with E-state index in [0.29, 0.717) is 11.5 Å². The van der Waals surface area contributed by atoms with Crippen LogP contribution in [0.1, 0.15) is 52.0 Å². The molecule has 2 nitrogen and oxygen atoms in total. The van der Waals surface area contributed by atoms with Crippen molar-refractivity contribution in [3.8, 4) is 0 Å². The fourth-order valence-corrected chi connectivity index (χ4v) is 3.96. The maximum atomic E-state index is 3.86. The molecule has 1 aliphatic carbocycles. The molecule has 2 atom stereocenters. The molecule has 3 rings (SSSR count). The fourth-order valence-electron chi connectivity index (χ4n) is 3.96. The van der Waals surface area contributed by atoms with Crippen LogP contribution in [0.5, 0.6) is 0 Å². The third kappa shape index (κ3) is 3.16.